The van der Waals surface area contributed by atoms with Crippen LogP contribution in [0, 0.1) is 24.9 Å². The van der Waals surface area contributed by atoms with Crippen LogP contribution >= 0.6 is 11.8 Å². The third kappa shape index (κ3) is 7.74. The number of carbonyl (C=O) groups excluding carboxylic acids is 1. The molecule has 0 spiro atoms. The van der Waals surface area contributed by atoms with Crippen LogP contribution < -0.4 is 14.3 Å². The summed E-state index contributed by atoms with van der Waals surface area (Å²) in [4.78, 5) is 11.5. The molecule has 2 aliphatic rings. The Morgan fingerprint density at radius 1 is 1.00 bits per heavy atom. The van der Waals surface area contributed by atoms with Gasteiger partial charge in [0.05, 0.1) is 24.0 Å². The number of benzene rings is 4. The number of para-hydroxylation sites is 1. The van der Waals surface area contributed by atoms with E-state index >= 15 is 4.39 Å². The maximum atomic E-state index is 15.7. The van der Waals surface area contributed by atoms with E-state index in [4.69, 9.17) is 9.47 Å². The van der Waals surface area contributed by atoms with Crippen molar-refractivity contribution in [2.75, 3.05) is 27.6 Å². The van der Waals surface area contributed by atoms with Gasteiger partial charge in [-0.25, -0.2) is 12.8 Å². The lowest BCUT2D eigenvalue weighted by Crippen LogP contribution is -2.35. The van der Waals surface area contributed by atoms with Crippen molar-refractivity contribution >= 4 is 39.1 Å². The molecule has 1 fully saturated rings. The Morgan fingerprint density at radius 2 is 1.73 bits per heavy atom. The number of halogens is 1. The summed E-state index contributed by atoms with van der Waals surface area (Å²) in [6.07, 6.45) is 3.23. The van der Waals surface area contributed by atoms with Gasteiger partial charge in [-0.15, -0.1) is 0 Å². The molecule has 51 heavy (non-hydrogen) atoms. The molecule has 1 saturated heterocycles. The molecule has 1 N–H and O–H groups in total. The van der Waals surface area contributed by atoms with E-state index in [-0.39, 0.29) is 36.8 Å². The van der Waals surface area contributed by atoms with E-state index < -0.39 is 43.7 Å². The Labute approximate surface area is 303 Å². The molecule has 0 saturated carbocycles. The first-order valence-electron chi connectivity index (χ1n) is 17.2. The highest BCUT2D eigenvalue weighted by Gasteiger charge is 2.39. The monoisotopic (exact) mass is 733 g/mol. The zero-order valence-electron chi connectivity index (χ0n) is 28.9. The molecular weight excluding hydrogens is 692 g/mol. The van der Waals surface area contributed by atoms with Gasteiger partial charge in [-0.2, -0.15) is 11.8 Å². The van der Waals surface area contributed by atoms with E-state index in [2.05, 4.69) is 26.0 Å². The van der Waals surface area contributed by atoms with Crippen LogP contribution in [-0.2, 0) is 32.4 Å². The van der Waals surface area contributed by atoms with Crippen LogP contribution in [0.5, 0.6) is 5.75 Å². The van der Waals surface area contributed by atoms with E-state index in [0.717, 1.165) is 73.8 Å². The average Bonchev–Trinajstić information content (AvgIpc) is 3.52. The number of hydrogen-bond acceptors (Lipinski definition) is 9. The first-order valence-corrected chi connectivity index (χ1v) is 19.8. The number of sulfonamides is 1. The van der Waals surface area contributed by atoms with Crippen molar-refractivity contribution in [2.24, 2.45) is 0 Å². The molecule has 4 aromatic carbocycles. The molecule has 0 amide bonds. The van der Waals surface area contributed by atoms with Crippen LogP contribution in [-0.4, -0.2) is 43.8 Å². The normalized spacial score (nSPS) is 16.1. The molecule has 6 rings (SSSR count). The van der Waals surface area contributed by atoms with Crippen LogP contribution in [0.3, 0.4) is 0 Å². The van der Waals surface area contributed by atoms with Crippen molar-refractivity contribution in [2.45, 2.75) is 76.3 Å². The van der Waals surface area contributed by atoms with Gasteiger partial charge in [-0.3, -0.25) is 14.3 Å². The largest absolute Gasteiger partial charge is 0.733 e. The lowest BCUT2D eigenvalue weighted by molar-refractivity contribution is -0.143. The molecular formula is C39H42FN2O7S2-. The smallest absolute Gasteiger partial charge is 0.306 e. The molecule has 1 aliphatic carbocycles. The van der Waals surface area contributed by atoms with Gasteiger partial charge in [0.25, 0.3) is 10.0 Å². The van der Waals surface area contributed by atoms with Gasteiger partial charge in [0.2, 0.25) is 0 Å². The Balaban J connectivity index is 1.41. The Kier molecular flexibility index (Phi) is 11.3. The lowest BCUT2D eigenvalue weighted by Gasteiger charge is -2.33. The summed E-state index contributed by atoms with van der Waals surface area (Å²) >= 11 is 1.95. The van der Waals surface area contributed by atoms with Crippen LogP contribution in [0.2, 0.25) is 0 Å². The van der Waals surface area contributed by atoms with Crippen LogP contribution in [0.1, 0.15) is 66.5 Å². The molecule has 4 aromatic rings. The molecule has 1 heterocycles. The number of anilines is 2. The summed E-state index contributed by atoms with van der Waals surface area (Å²) in [6, 6.07) is 18.7. The lowest BCUT2D eigenvalue weighted by atomic mass is 9.90. The van der Waals surface area contributed by atoms with Crippen molar-refractivity contribution in [3.63, 3.8) is 0 Å². The van der Waals surface area contributed by atoms with E-state index in [1.54, 1.807) is 6.92 Å². The van der Waals surface area contributed by atoms with E-state index in [0.29, 0.717) is 12.8 Å². The van der Waals surface area contributed by atoms with Crippen molar-refractivity contribution in [3.8, 4) is 16.9 Å². The predicted molar refractivity (Wildman–Crippen MR) is 198 cm³/mol. The second-order valence-corrected chi connectivity index (χ2v) is 15.9. The number of esters is 1. The quantitative estimate of drug-likeness (QED) is 0.113. The van der Waals surface area contributed by atoms with Crippen LogP contribution in [0.15, 0.2) is 77.7 Å². The molecule has 1 atom stereocenters. The summed E-state index contributed by atoms with van der Waals surface area (Å²) in [6.45, 7) is 6.02. The predicted octanol–water partition coefficient (Wildman–Crippen LogP) is 8.46. The third-order valence-corrected chi connectivity index (χ3v) is 12.5. The fraction of sp³-hybridized carbons (Fsp3) is 0.359. The minimum atomic E-state index is -4.56. The molecule has 0 aromatic heterocycles. The van der Waals surface area contributed by atoms with Gasteiger partial charge in [0.1, 0.15) is 22.6 Å². The fourth-order valence-electron chi connectivity index (χ4n) is 7.28. The van der Waals surface area contributed by atoms with E-state index in [1.165, 1.54) is 36.4 Å². The fourth-order valence-corrected chi connectivity index (χ4v) is 10.2. The number of carbonyl (C=O) groups is 1. The first kappa shape index (κ1) is 36.7. The zero-order chi connectivity index (χ0) is 36.3. The summed E-state index contributed by atoms with van der Waals surface area (Å²) in [5.41, 5.74) is 5.72. The standard InChI is InChI=1S/C39H42FN2O7S2/c1-4-48-38(43)17-13-27-12-14-28(24-34(27)40)41(51(46,47)37-11-6-5-10-36(37)42(44)45)35-16-15-31-32(35)8-7-9-33(31)39-25(2)22-30(23-26(39)3)49-29-18-20-50-21-19-29/h5-12,14,22-24,29,35,44H,4,13,15-21H2,1-3H3/q-1. The SMILES string of the molecule is CCOC(=O)CCc1ccc(N(C2CCc3c(-c4c(C)cc(OC5CCSCC5)cc4C)cccc32)S(=O)(=O)c2ccccc2N([O-])O)cc1F. The molecule has 9 nitrogen and oxygen atoms in total. The van der Waals surface area contributed by atoms with Gasteiger partial charge in [-0.05, 0) is 140 Å². The van der Waals surface area contributed by atoms with Crippen molar-refractivity contribution in [3.05, 3.63) is 112 Å². The number of rotatable bonds is 12. The topological polar surface area (TPSA) is 119 Å². The number of thioether (sulfide) groups is 1. The number of fused-ring (bicyclic) bond motifs is 1. The second-order valence-electron chi connectivity index (χ2n) is 12.9. The summed E-state index contributed by atoms with van der Waals surface area (Å²) < 4.78 is 57.5. The second kappa shape index (κ2) is 15.6. The van der Waals surface area contributed by atoms with Crippen LogP contribution in [0.25, 0.3) is 11.1 Å². The van der Waals surface area contributed by atoms with Gasteiger partial charge < -0.3 is 19.9 Å². The Bertz CT molecular complexity index is 1990. The van der Waals surface area contributed by atoms with Gasteiger partial charge in [0.15, 0.2) is 0 Å². The van der Waals surface area contributed by atoms with E-state index in [1.807, 2.05) is 30.0 Å². The molecule has 0 bridgehead atoms. The molecule has 12 heteroatoms. The maximum absolute atomic E-state index is 15.7. The molecule has 1 aliphatic heterocycles. The number of ether oxygens (including phenoxy) is 2. The molecule has 270 valence electrons. The van der Waals surface area contributed by atoms with E-state index in [9.17, 15) is 23.6 Å². The minimum absolute atomic E-state index is 0.0280. The van der Waals surface area contributed by atoms with Gasteiger partial charge in [0, 0.05) is 6.42 Å². The number of nitrogens with zero attached hydrogens (tertiary/aromatic N) is 2. The first-order chi connectivity index (χ1) is 24.5. The third-order valence-electron chi connectivity index (χ3n) is 9.57. The summed E-state index contributed by atoms with van der Waals surface area (Å²) in [5, 5.41) is 21.6. The Hall–Kier alpha value is -4.10. The van der Waals surface area contributed by atoms with Crippen molar-refractivity contribution in [1.29, 1.82) is 0 Å². The number of aryl methyl sites for hydroxylation is 3. The van der Waals surface area contributed by atoms with Gasteiger partial charge >= 0.3 is 5.97 Å². The molecule has 1 unspecified atom stereocenters. The van der Waals surface area contributed by atoms with Crippen molar-refractivity contribution in [1.82, 2.24) is 0 Å². The highest BCUT2D eigenvalue weighted by atomic mass is 32.2. The maximum Gasteiger partial charge on any atom is 0.306 e. The average molecular weight is 734 g/mol. The number of hydrogen-bond donors (Lipinski definition) is 1. The molecule has 0 radical (unpaired) electrons. The van der Waals surface area contributed by atoms with Gasteiger partial charge in [-0.1, -0.05) is 36.4 Å². The summed E-state index contributed by atoms with van der Waals surface area (Å²) in [7, 11) is -4.56. The summed E-state index contributed by atoms with van der Waals surface area (Å²) in [5.74, 6) is 1.90. The highest BCUT2D eigenvalue weighted by molar-refractivity contribution is 7.99. The highest BCUT2D eigenvalue weighted by Crippen LogP contribution is 2.47. The Morgan fingerprint density at radius 3 is 2.41 bits per heavy atom. The minimum Gasteiger partial charge on any atom is -0.733 e. The zero-order valence-corrected chi connectivity index (χ0v) is 30.6. The van der Waals surface area contributed by atoms with Crippen LogP contribution in [0.4, 0.5) is 15.8 Å². The van der Waals surface area contributed by atoms with Crippen molar-refractivity contribution < 1.29 is 32.3 Å².